The Balaban J connectivity index is 1.49. The first-order valence-corrected chi connectivity index (χ1v) is 11.7. The van der Waals surface area contributed by atoms with Crippen LogP contribution in [-0.4, -0.2) is 69.3 Å². The molecule has 162 valence electrons. The summed E-state index contributed by atoms with van der Waals surface area (Å²) in [7, 11) is -3.83. The molecular formula is C20H22N6O4S. The summed E-state index contributed by atoms with van der Waals surface area (Å²) in [6, 6.07) is 12.6. The number of para-hydroxylation sites is 1. The Hall–Kier alpha value is -2.89. The number of hydrogen-bond acceptors (Lipinski definition) is 7. The molecule has 11 heteroatoms. The highest BCUT2D eigenvalue weighted by molar-refractivity contribution is 7.89. The lowest BCUT2D eigenvalue weighted by Crippen LogP contribution is -2.58. The van der Waals surface area contributed by atoms with E-state index in [0.29, 0.717) is 19.6 Å². The number of fused-ring (bicyclic) bond motifs is 2. The molecule has 0 spiro atoms. The molecule has 2 saturated heterocycles. The van der Waals surface area contributed by atoms with Gasteiger partial charge in [0.15, 0.2) is 0 Å². The van der Waals surface area contributed by atoms with Crippen LogP contribution in [0.5, 0.6) is 0 Å². The molecule has 2 atom stereocenters. The summed E-state index contributed by atoms with van der Waals surface area (Å²) in [6.07, 6.45) is 2.01. The van der Waals surface area contributed by atoms with Gasteiger partial charge in [-0.15, -0.1) is 5.10 Å². The van der Waals surface area contributed by atoms with E-state index < -0.39 is 14.9 Å². The SMILES string of the molecule is O=[N+]([O-])c1ccc(S(=O)(=O)N2C[C@@H]3CCCN3C[C@@H]2Cn2nnc3ccccc32)cc1. The molecule has 3 aromatic rings. The fraction of sp³-hybridized carbons (Fsp3) is 0.400. The minimum atomic E-state index is -3.83. The molecule has 0 aliphatic carbocycles. The molecule has 5 rings (SSSR count). The van der Waals surface area contributed by atoms with E-state index >= 15 is 0 Å². The second kappa shape index (κ2) is 7.66. The molecule has 0 N–H and O–H groups in total. The maximum atomic E-state index is 13.6. The van der Waals surface area contributed by atoms with Gasteiger partial charge in [0.1, 0.15) is 5.52 Å². The third kappa shape index (κ3) is 3.58. The van der Waals surface area contributed by atoms with Crippen LogP contribution in [0.1, 0.15) is 12.8 Å². The number of sulfonamides is 1. The summed E-state index contributed by atoms with van der Waals surface area (Å²) in [5.41, 5.74) is 1.49. The topological polar surface area (TPSA) is 114 Å². The van der Waals surface area contributed by atoms with E-state index in [1.165, 1.54) is 24.3 Å². The molecule has 3 heterocycles. The van der Waals surface area contributed by atoms with Crippen molar-refractivity contribution < 1.29 is 13.3 Å². The molecule has 2 aromatic carbocycles. The van der Waals surface area contributed by atoms with Crippen LogP contribution in [0, 0.1) is 10.1 Å². The van der Waals surface area contributed by atoms with Crippen molar-refractivity contribution in [2.24, 2.45) is 0 Å². The average molecular weight is 443 g/mol. The van der Waals surface area contributed by atoms with E-state index in [4.69, 9.17) is 0 Å². The van der Waals surface area contributed by atoms with Crippen molar-refractivity contribution in [1.82, 2.24) is 24.2 Å². The zero-order valence-electron chi connectivity index (χ0n) is 16.7. The summed E-state index contributed by atoms with van der Waals surface area (Å²) in [5, 5.41) is 19.4. The molecule has 10 nitrogen and oxygen atoms in total. The predicted molar refractivity (Wildman–Crippen MR) is 113 cm³/mol. The zero-order chi connectivity index (χ0) is 21.6. The molecule has 0 amide bonds. The smallest absolute Gasteiger partial charge is 0.269 e. The van der Waals surface area contributed by atoms with Gasteiger partial charge in [-0.1, -0.05) is 17.3 Å². The molecule has 0 unspecified atom stereocenters. The van der Waals surface area contributed by atoms with Crippen molar-refractivity contribution in [3.8, 4) is 0 Å². The molecule has 2 fully saturated rings. The summed E-state index contributed by atoms with van der Waals surface area (Å²) in [6.45, 7) is 2.36. The number of benzene rings is 2. The van der Waals surface area contributed by atoms with Gasteiger partial charge >= 0.3 is 0 Å². The molecule has 2 aliphatic rings. The Morgan fingerprint density at radius 1 is 1.10 bits per heavy atom. The van der Waals surface area contributed by atoms with Gasteiger partial charge in [0.2, 0.25) is 10.0 Å². The molecule has 0 bridgehead atoms. The summed E-state index contributed by atoms with van der Waals surface area (Å²) in [5.74, 6) is 0. The number of nitrogens with zero attached hydrogens (tertiary/aromatic N) is 6. The molecule has 1 aromatic heterocycles. The van der Waals surface area contributed by atoms with Crippen molar-refractivity contribution in [2.45, 2.75) is 36.4 Å². The number of non-ortho nitro benzene ring substituents is 1. The lowest BCUT2D eigenvalue weighted by Gasteiger charge is -2.42. The Morgan fingerprint density at radius 3 is 2.65 bits per heavy atom. The van der Waals surface area contributed by atoms with E-state index in [2.05, 4.69) is 15.2 Å². The zero-order valence-corrected chi connectivity index (χ0v) is 17.6. The maximum Gasteiger partial charge on any atom is 0.269 e. The Bertz CT molecular complexity index is 1230. The van der Waals surface area contributed by atoms with Gasteiger partial charge in [-0.25, -0.2) is 13.1 Å². The summed E-state index contributed by atoms with van der Waals surface area (Å²) < 4.78 is 30.4. The minimum absolute atomic E-state index is 0.0676. The third-order valence-corrected chi connectivity index (χ3v) is 8.13. The highest BCUT2D eigenvalue weighted by Gasteiger charge is 2.42. The van der Waals surface area contributed by atoms with Crippen molar-refractivity contribution in [1.29, 1.82) is 0 Å². The predicted octanol–water partition coefficient (Wildman–Crippen LogP) is 1.88. The maximum absolute atomic E-state index is 13.6. The van der Waals surface area contributed by atoms with Crippen LogP contribution in [-0.2, 0) is 16.6 Å². The van der Waals surface area contributed by atoms with Crippen LogP contribution in [0.25, 0.3) is 11.0 Å². The first-order valence-electron chi connectivity index (χ1n) is 10.2. The molecule has 2 aliphatic heterocycles. The van der Waals surface area contributed by atoms with Crippen LogP contribution < -0.4 is 0 Å². The first kappa shape index (κ1) is 20.0. The van der Waals surface area contributed by atoms with Crippen LogP contribution in [0.2, 0.25) is 0 Å². The average Bonchev–Trinajstić information content (AvgIpc) is 3.40. The van der Waals surface area contributed by atoms with Gasteiger partial charge in [0, 0.05) is 31.3 Å². The van der Waals surface area contributed by atoms with Crippen LogP contribution in [0.15, 0.2) is 53.4 Å². The summed E-state index contributed by atoms with van der Waals surface area (Å²) in [4.78, 5) is 12.8. The van der Waals surface area contributed by atoms with E-state index in [1.54, 1.807) is 8.99 Å². The Labute approximate surface area is 179 Å². The number of nitro benzene ring substituents is 1. The second-order valence-electron chi connectivity index (χ2n) is 8.03. The normalized spacial score (nSPS) is 22.6. The number of aromatic nitrogens is 3. The van der Waals surface area contributed by atoms with Crippen molar-refractivity contribution in [3.05, 3.63) is 58.6 Å². The van der Waals surface area contributed by atoms with Gasteiger partial charge in [0.05, 0.1) is 27.9 Å². The van der Waals surface area contributed by atoms with Gasteiger partial charge in [-0.3, -0.25) is 15.0 Å². The van der Waals surface area contributed by atoms with Gasteiger partial charge in [-0.2, -0.15) is 4.31 Å². The molecular weight excluding hydrogens is 420 g/mol. The Kier molecular flexibility index (Phi) is 4.95. The van der Waals surface area contributed by atoms with Crippen LogP contribution in [0.3, 0.4) is 0 Å². The Morgan fingerprint density at radius 2 is 1.87 bits per heavy atom. The van der Waals surface area contributed by atoms with Crippen molar-refractivity contribution in [2.75, 3.05) is 19.6 Å². The van der Waals surface area contributed by atoms with E-state index in [-0.39, 0.29) is 22.7 Å². The quantitative estimate of drug-likeness (QED) is 0.438. The van der Waals surface area contributed by atoms with Gasteiger partial charge in [-0.05, 0) is 43.7 Å². The largest absolute Gasteiger partial charge is 0.297 e. The monoisotopic (exact) mass is 442 g/mol. The fourth-order valence-electron chi connectivity index (χ4n) is 4.63. The number of piperazine rings is 1. The van der Waals surface area contributed by atoms with E-state index in [0.717, 1.165) is 30.4 Å². The van der Waals surface area contributed by atoms with Gasteiger partial charge in [0.25, 0.3) is 5.69 Å². The van der Waals surface area contributed by atoms with Crippen molar-refractivity contribution >= 4 is 26.7 Å². The lowest BCUT2D eigenvalue weighted by atomic mass is 10.1. The number of nitro groups is 1. The second-order valence-corrected chi connectivity index (χ2v) is 9.92. The molecule has 0 radical (unpaired) electrons. The highest BCUT2D eigenvalue weighted by Crippen LogP contribution is 2.30. The van der Waals surface area contributed by atoms with Crippen LogP contribution >= 0.6 is 0 Å². The highest BCUT2D eigenvalue weighted by atomic mass is 32.2. The van der Waals surface area contributed by atoms with Crippen LogP contribution in [0.4, 0.5) is 5.69 Å². The van der Waals surface area contributed by atoms with Gasteiger partial charge < -0.3 is 0 Å². The molecule has 0 saturated carbocycles. The standard InChI is InChI=1S/C20H22N6O4S/c27-26(28)15-7-9-18(10-8-15)31(29,30)25-14-16-4-3-11-23(16)12-17(25)13-24-20-6-2-1-5-19(20)21-22-24/h1-2,5-10,16-17H,3-4,11-14H2/t16-,17+/m0/s1. The third-order valence-electron chi connectivity index (χ3n) is 6.20. The van der Waals surface area contributed by atoms with Crippen molar-refractivity contribution in [3.63, 3.8) is 0 Å². The fourth-order valence-corrected chi connectivity index (χ4v) is 6.28. The van der Waals surface area contributed by atoms with E-state index in [1.807, 2.05) is 24.3 Å². The number of rotatable bonds is 5. The number of hydrogen-bond donors (Lipinski definition) is 0. The lowest BCUT2D eigenvalue weighted by molar-refractivity contribution is -0.384. The minimum Gasteiger partial charge on any atom is -0.297 e. The summed E-state index contributed by atoms with van der Waals surface area (Å²) >= 11 is 0. The molecule has 31 heavy (non-hydrogen) atoms. The van der Waals surface area contributed by atoms with E-state index in [9.17, 15) is 18.5 Å². The first-order chi connectivity index (χ1) is 14.9.